The van der Waals surface area contributed by atoms with Crippen molar-refractivity contribution in [1.82, 2.24) is 14.5 Å². The number of benzene rings is 2. The molecule has 0 N–H and O–H groups in total. The van der Waals surface area contributed by atoms with Crippen molar-refractivity contribution >= 4 is 22.5 Å². The number of hydrogen-bond acceptors (Lipinski definition) is 6. The van der Waals surface area contributed by atoms with Crippen LogP contribution in [-0.4, -0.2) is 46.0 Å². The molecule has 1 aromatic heterocycles. The van der Waals surface area contributed by atoms with Gasteiger partial charge < -0.3 is 9.64 Å². The van der Waals surface area contributed by atoms with Gasteiger partial charge >= 0.3 is 0 Å². The number of nitro groups is 1. The molecule has 0 saturated heterocycles. The van der Waals surface area contributed by atoms with Crippen LogP contribution in [0, 0.1) is 17.0 Å². The number of amides is 1. The van der Waals surface area contributed by atoms with Crippen LogP contribution in [0.3, 0.4) is 0 Å². The maximum atomic E-state index is 13.1. The Balaban J connectivity index is 2.04. The number of fused-ring (bicyclic) bond motifs is 1. The van der Waals surface area contributed by atoms with E-state index in [0.29, 0.717) is 28.9 Å². The molecule has 162 valence electrons. The monoisotopic (exact) mass is 424 g/mol. The zero-order chi connectivity index (χ0) is 22.7. The Labute approximate surface area is 179 Å². The van der Waals surface area contributed by atoms with Crippen molar-refractivity contribution in [2.24, 2.45) is 0 Å². The Hall–Kier alpha value is -3.59. The Bertz CT molecular complexity index is 1200. The Morgan fingerprint density at radius 1 is 1.29 bits per heavy atom. The first kappa shape index (κ1) is 22.1. The van der Waals surface area contributed by atoms with Crippen LogP contribution in [0.15, 0.2) is 47.3 Å². The number of carbonyl (C=O) groups excluding carboxylic acids is 1. The second-order valence-corrected chi connectivity index (χ2v) is 7.29. The number of ether oxygens (including phenoxy) is 1. The number of aromatic nitrogens is 2. The molecule has 1 heterocycles. The van der Waals surface area contributed by atoms with Gasteiger partial charge in [-0.15, -0.1) is 0 Å². The van der Waals surface area contributed by atoms with Gasteiger partial charge in [0, 0.05) is 31.4 Å². The Morgan fingerprint density at radius 2 is 2.00 bits per heavy atom. The van der Waals surface area contributed by atoms with E-state index in [2.05, 4.69) is 4.98 Å². The lowest BCUT2D eigenvalue weighted by Gasteiger charge is -2.27. The molecule has 9 nitrogen and oxygen atoms in total. The summed E-state index contributed by atoms with van der Waals surface area (Å²) in [5.41, 5.74) is 0.874. The maximum Gasteiger partial charge on any atom is 0.273 e. The van der Waals surface area contributed by atoms with Crippen molar-refractivity contribution < 1.29 is 14.5 Å². The average molecular weight is 424 g/mol. The van der Waals surface area contributed by atoms with Crippen molar-refractivity contribution in [3.8, 4) is 0 Å². The lowest BCUT2D eigenvalue weighted by molar-refractivity contribution is -0.385. The van der Waals surface area contributed by atoms with E-state index in [4.69, 9.17) is 4.74 Å². The summed E-state index contributed by atoms with van der Waals surface area (Å²) in [4.78, 5) is 43.0. The van der Waals surface area contributed by atoms with Gasteiger partial charge in [0.25, 0.3) is 17.2 Å². The molecular weight excluding hydrogens is 400 g/mol. The second kappa shape index (κ2) is 9.05. The first-order valence-corrected chi connectivity index (χ1v) is 9.77. The fourth-order valence-corrected chi connectivity index (χ4v) is 3.39. The summed E-state index contributed by atoms with van der Waals surface area (Å²) in [6.45, 7) is 3.97. The number of nitro benzene ring substituents is 1. The van der Waals surface area contributed by atoms with E-state index in [1.54, 1.807) is 64.4 Å². The fraction of sp³-hybridized carbons (Fsp3) is 0.318. The van der Waals surface area contributed by atoms with Gasteiger partial charge in [0.2, 0.25) is 0 Å². The van der Waals surface area contributed by atoms with E-state index in [1.807, 2.05) is 0 Å². The minimum atomic E-state index is -0.568. The van der Waals surface area contributed by atoms with Crippen LogP contribution in [0.25, 0.3) is 10.9 Å². The third-order valence-corrected chi connectivity index (χ3v) is 5.34. The second-order valence-electron chi connectivity index (χ2n) is 7.29. The fourth-order valence-electron chi connectivity index (χ4n) is 3.39. The number of methoxy groups -OCH3 is 1. The molecule has 0 saturated carbocycles. The van der Waals surface area contributed by atoms with Crippen molar-refractivity contribution in [3.05, 3.63) is 79.9 Å². The lowest BCUT2D eigenvalue weighted by Crippen LogP contribution is -2.36. The highest BCUT2D eigenvalue weighted by Crippen LogP contribution is 2.24. The molecule has 0 bridgehead atoms. The van der Waals surface area contributed by atoms with Gasteiger partial charge in [0.1, 0.15) is 5.82 Å². The molecule has 0 aliphatic heterocycles. The van der Waals surface area contributed by atoms with Crippen LogP contribution in [0.1, 0.15) is 34.7 Å². The van der Waals surface area contributed by atoms with Crippen molar-refractivity contribution in [2.75, 3.05) is 20.8 Å². The topological polar surface area (TPSA) is 108 Å². The first-order chi connectivity index (χ1) is 14.8. The van der Waals surface area contributed by atoms with Crippen molar-refractivity contribution in [2.45, 2.75) is 26.4 Å². The molecule has 0 fully saturated rings. The van der Waals surface area contributed by atoms with Crippen LogP contribution in [0.2, 0.25) is 0 Å². The van der Waals surface area contributed by atoms with Crippen LogP contribution in [-0.2, 0) is 11.3 Å². The highest BCUT2D eigenvalue weighted by Gasteiger charge is 2.25. The number of carbonyl (C=O) groups is 1. The predicted molar refractivity (Wildman–Crippen MR) is 116 cm³/mol. The highest BCUT2D eigenvalue weighted by atomic mass is 16.6. The van der Waals surface area contributed by atoms with Gasteiger partial charge in [0.05, 0.1) is 35.0 Å². The number of hydrogen-bond donors (Lipinski definition) is 0. The summed E-state index contributed by atoms with van der Waals surface area (Å²) < 4.78 is 6.65. The van der Waals surface area contributed by atoms with E-state index in [-0.39, 0.29) is 23.4 Å². The minimum Gasteiger partial charge on any atom is -0.383 e. The van der Waals surface area contributed by atoms with Crippen LogP contribution in [0.5, 0.6) is 0 Å². The molecular formula is C22H24N4O5. The molecule has 2 aromatic carbocycles. The molecule has 1 unspecified atom stereocenters. The summed E-state index contributed by atoms with van der Waals surface area (Å²) in [6, 6.07) is 10.8. The van der Waals surface area contributed by atoms with E-state index < -0.39 is 16.9 Å². The Kier molecular flexibility index (Phi) is 6.45. The summed E-state index contributed by atoms with van der Waals surface area (Å²) >= 11 is 0. The molecule has 31 heavy (non-hydrogen) atoms. The number of aryl methyl sites for hydroxylation is 1. The molecule has 0 aliphatic rings. The zero-order valence-electron chi connectivity index (χ0n) is 17.9. The summed E-state index contributed by atoms with van der Waals surface area (Å²) in [7, 11) is 3.13. The molecule has 1 atom stereocenters. The van der Waals surface area contributed by atoms with Gasteiger partial charge in [-0.25, -0.2) is 4.98 Å². The quantitative estimate of drug-likeness (QED) is 0.426. The summed E-state index contributed by atoms with van der Waals surface area (Å²) in [6.07, 6.45) is 0. The van der Waals surface area contributed by atoms with Crippen LogP contribution >= 0.6 is 0 Å². The van der Waals surface area contributed by atoms with Gasteiger partial charge in [0.15, 0.2) is 0 Å². The zero-order valence-corrected chi connectivity index (χ0v) is 17.9. The van der Waals surface area contributed by atoms with Gasteiger partial charge in [-0.3, -0.25) is 24.3 Å². The Morgan fingerprint density at radius 3 is 2.68 bits per heavy atom. The minimum absolute atomic E-state index is 0.118. The van der Waals surface area contributed by atoms with E-state index >= 15 is 0 Å². The molecule has 3 aromatic rings. The highest BCUT2D eigenvalue weighted by molar-refractivity contribution is 5.95. The lowest BCUT2D eigenvalue weighted by atomic mass is 10.1. The molecule has 3 rings (SSSR count). The smallest absolute Gasteiger partial charge is 0.273 e. The third kappa shape index (κ3) is 4.31. The summed E-state index contributed by atoms with van der Waals surface area (Å²) in [5, 5.41) is 11.7. The largest absolute Gasteiger partial charge is 0.383 e. The average Bonchev–Trinajstić information content (AvgIpc) is 2.77. The molecule has 9 heteroatoms. The first-order valence-electron chi connectivity index (χ1n) is 9.77. The SMILES string of the molecule is COCCn1c(C(C)N(C)C(=O)c2ccc(C)c([N+](=O)[O-])c2)nc2ccccc2c1=O. The number of rotatable bonds is 7. The van der Waals surface area contributed by atoms with Crippen LogP contribution in [0.4, 0.5) is 5.69 Å². The molecule has 1 amide bonds. The summed E-state index contributed by atoms with van der Waals surface area (Å²) in [5.74, 6) is 0.00881. The van der Waals surface area contributed by atoms with Gasteiger partial charge in [-0.2, -0.15) is 0 Å². The predicted octanol–water partition coefficient (Wildman–Crippen LogP) is 3.09. The third-order valence-electron chi connectivity index (χ3n) is 5.34. The van der Waals surface area contributed by atoms with Crippen molar-refractivity contribution in [1.29, 1.82) is 0 Å². The normalized spacial score (nSPS) is 12.0. The van der Waals surface area contributed by atoms with E-state index in [0.717, 1.165) is 0 Å². The molecule has 0 spiro atoms. The molecule has 0 aliphatic carbocycles. The number of para-hydroxylation sites is 1. The molecule has 0 radical (unpaired) electrons. The standard InChI is InChI=1S/C22H24N4O5/c1-14-9-10-16(13-19(14)26(29)30)21(27)24(3)15(2)20-23-18-8-6-5-7-17(18)22(28)25(20)11-12-31-4/h5-10,13,15H,11-12H2,1-4H3. The number of nitrogens with zero attached hydrogens (tertiary/aromatic N) is 4. The van der Waals surface area contributed by atoms with Crippen LogP contribution < -0.4 is 5.56 Å². The maximum absolute atomic E-state index is 13.1. The van der Waals surface area contributed by atoms with Gasteiger partial charge in [-0.1, -0.05) is 18.2 Å². The van der Waals surface area contributed by atoms with E-state index in [9.17, 15) is 19.7 Å². The van der Waals surface area contributed by atoms with Gasteiger partial charge in [-0.05, 0) is 32.0 Å². The van der Waals surface area contributed by atoms with Crippen molar-refractivity contribution in [3.63, 3.8) is 0 Å². The van der Waals surface area contributed by atoms with E-state index in [1.165, 1.54) is 15.5 Å².